The summed E-state index contributed by atoms with van der Waals surface area (Å²) in [6.07, 6.45) is 9.97. The first-order valence-corrected chi connectivity index (χ1v) is 16.3. The van der Waals surface area contributed by atoms with Crippen molar-refractivity contribution in [2.75, 3.05) is 38.9 Å². The number of thioether (sulfide) groups is 1. The lowest BCUT2D eigenvalue weighted by atomic mass is 9.90. The number of aliphatic carboxylic acids is 1. The molecule has 1 saturated carbocycles. The zero-order chi connectivity index (χ0) is 29.2. The lowest BCUT2D eigenvalue weighted by molar-refractivity contribution is -0.139. The van der Waals surface area contributed by atoms with Crippen molar-refractivity contribution >= 4 is 23.6 Å². The van der Waals surface area contributed by atoms with Gasteiger partial charge in [0.15, 0.2) is 0 Å². The molecule has 2 N–H and O–H groups in total. The fraction of sp³-hybridized carbons (Fsp3) is 0.576. The Bertz CT molecular complexity index is 1150. The monoisotopic (exact) mass is 582 g/mol. The number of methoxy groups -OCH3 is 1. The van der Waals surface area contributed by atoms with Crippen molar-refractivity contribution in [3.05, 3.63) is 59.2 Å². The van der Waals surface area contributed by atoms with Gasteiger partial charge in [-0.05, 0) is 84.9 Å². The van der Waals surface area contributed by atoms with Gasteiger partial charge in [0, 0.05) is 38.4 Å². The van der Waals surface area contributed by atoms with Crippen molar-refractivity contribution in [2.45, 2.75) is 76.6 Å². The molecule has 1 amide bonds. The van der Waals surface area contributed by atoms with Crippen LogP contribution in [-0.2, 0) is 20.8 Å². The minimum Gasteiger partial charge on any atom is -0.480 e. The van der Waals surface area contributed by atoms with E-state index in [4.69, 9.17) is 9.47 Å². The van der Waals surface area contributed by atoms with Crippen LogP contribution in [0.2, 0.25) is 0 Å². The van der Waals surface area contributed by atoms with Crippen LogP contribution in [0.15, 0.2) is 42.5 Å². The lowest BCUT2D eigenvalue weighted by Gasteiger charge is -2.26. The second-order valence-corrected chi connectivity index (χ2v) is 12.5. The van der Waals surface area contributed by atoms with Crippen LogP contribution in [-0.4, -0.2) is 78.9 Å². The van der Waals surface area contributed by atoms with E-state index < -0.39 is 12.0 Å². The molecule has 224 valence electrons. The number of benzene rings is 2. The van der Waals surface area contributed by atoms with E-state index in [1.54, 1.807) is 18.9 Å². The molecular formula is C33H46N2O5S. The first-order valence-electron chi connectivity index (χ1n) is 15.0. The van der Waals surface area contributed by atoms with Crippen molar-refractivity contribution in [3.63, 3.8) is 0 Å². The van der Waals surface area contributed by atoms with Gasteiger partial charge in [-0.25, -0.2) is 4.79 Å². The van der Waals surface area contributed by atoms with Gasteiger partial charge in [-0.3, -0.25) is 9.69 Å². The number of hydrogen-bond donors (Lipinski definition) is 2. The summed E-state index contributed by atoms with van der Waals surface area (Å²) in [5.41, 5.74) is 4.44. The number of nitrogens with zero attached hydrogens (tertiary/aromatic N) is 1. The van der Waals surface area contributed by atoms with Crippen LogP contribution in [0.5, 0.6) is 0 Å². The average Bonchev–Trinajstić information content (AvgIpc) is 3.37. The van der Waals surface area contributed by atoms with E-state index in [0.29, 0.717) is 30.3 Å². The van der Waals surface area contributed by atoms with Gasteiger partial charge in [-0.15, -0.1) is 0 Å². The van der Waals surface area contributed by atoms with Crippen LogP contribution in [0.25, 0.3) is 11.1 Å². The molecule has 0 radical (unpaired) electrons. The van der Waals surface area contributed by atoms with E-state index >= 15 is 0 Å². The summed E-state index contributed by atoms with van der Waals surface area (Å²) in [5.74, 6) is -0.0310. The van der Waals surface area contributed by atoms with Gasteiger partial charge in [0.25, 0.3) is 5.91 Å². The number of hydrogen-bond acceptors (Lipinski definition) is 6. The predicted octanol–water partition coefficient (Wildman–Crippen LogP) is 5.78. The summed E-state index contributed by atoms with van der Waals surface area (Å²) in [5, 5.41) is 12.4. The SMILES string of the molecule is COC1C[C@H](COCC2CCCCC2)N(Cc2ccc(C(=O)N[C@@H](CCSC)C(=O)O)c(-c3ccccc3C)c2)C1. The highest BCUT2D eigenvalue weighted by Crippen LogP contribution is 2.31. The molecule has 8 heteroatoms. The van der Waals surface area contributed by atoms with Crippen LogP contribution >= 0.6 is 11.8 Å². The minimum absolute atomic E-state index is 0.174. The maximum absolute atomic E-state index is 13.4. The summed E-state index contributed by atoms with van der Waals surface area (Å²) in [4.78, 5) is 27.7. The van der Waals surface area contributed by atoms with Gasteiger partial charge >= 0.3 is 5.97 Å². The maximum Gasteiger partial charge on any atom is 0.326 e. The molecule has 1 aliphatic carbocycles. The summed E-state index contributed by atoms with van der Waals surface area (Å²) in [6.45, 7) is 5.15. The molecule has 0 spiro atoms. The topological polar surface area (TPSA) is 88.1 Å². The van der Waals surface area contributed by atoms with Crippen LogP contribution in [0, 0.1) is 12.8 Å². The third-order valence-corrected chi connectivity index (χ3v) is 9.22. The highest BCUT2D eigenvalue weighted by molar-refractivity contribution is 7.98. The Morgan fingerprint density at radius 2 is 1.88 bits per heavy atom. The van der Waals surface area contributed by atoms with E-state index in [2.05, 4.69) is 16.3 Å². The normalized spacial score (nSPS) is 20.7. The fourth-order valence-electron chi connectivity index (χ4n) is 6.15. The summed E-state index contributed by atoms with van der Waals surface area (Å²) >= 11 is 1.57. The Labute approximate surface area is 249 Å². The maximum atomic E-state index is 13.4. The second kappa shape index (κ2) is 15.7. The standard InChI is InChI=1S/C33H46N2O5S/c1-23-9-7-8-12-28(23)30-17-25(13-14-29(30)32(36)34-31(33(37)38)15-16-41-3)19-35-20-27(39-2)18-26(35)22-40-21-24-10-5-4-6-11-24/h7-9,12-14,17,24,26-27,31H,4-6,10-11,15-16,18-22H2,1-3H3,(H,34,36)(H,37,38)/t26-,27?,31+/m1/s1. The summed E-state index contributed by atoms with van der Waals surface area (Å²) in [7, 11) is 1.78. The molecule has 2 aromatic carbocycles. The van der Waals surface area contributed by atoms with Crippen LogP contribution in [0.3, 0.4) is 0 Å². The number of carboxylic acid groups (broad SMARTS) is 1. The first kappa shape index (κ1) is 31.5. The van der Waals surface area contributed by atoms with Crippen molar-refractivity contribution in [3.8, 4) is 11.1 Å². The molecule has 41 heavy (non-hydrogen) atoms. The largest absolute Gasteiger partial charge is 0.480 e. The van der Waals surface area contributed by atoms with Gasteiger partial charge in [0.05, 0.1) is 12.7 Å². The molecule has 1 unspecified atom stereocenters. The molecule has 0 bridgehead atoms. The Morgan fingerprint density at radius 1 is 1.10 bits per heavy atom. The molecule has 1 saturated heterocycles. The van der Waals surface area contributed by atoms with Gasteiger partial charge in [0.2, 0.25) is 0 Å². The first-order chi connectivity index (χ1) is 19.9. The molecule has 4 rings (SSSR count). The Kier molecular flexibility index (Phi) is 12.1. The highest BCUT2D eigenvalue weighted by atomic mass is 32.2. The molecule has 1 aliphatic heterocycles. The number of carboxylic acids is 1. The minimum atomic E-state index is -1.01. The Hall–Kier alpha value is -2.39. The van der Waals surface area contributed by atoms with Crippen LogP contribution in [0.4, 0.5) is 0 Å². The summed E-state index contributed by atoms with van der Waals surface area (Å²) in [6, 6.07) is 13.3. The fourth-order valence-corrected chi connectivity index (χ4v) is 6.62. The van der Waals surface area contributed by atoms with E-state index in [1.807, 2.05) is 49.6 Å². The van der Waals surface area contributed by atoms with Crippen LogP contribution in [0.1, 0.15) is 66.4 Å². The third kappa shape index (κ3) is 8.80. The predicted molar refractivity (Wildman–Crippen MR) is 166 cm³/mol. The smallest absolute Gasteiger partial charge is 0.326 e. The molecule has 0 aromatic heterocycles. The van der Waals surface area contributed by atoms with Gasteiger partial charge in [-0.1, -0.05) is 49.6 Å². The van der Waals surface area contributed by atoms with Gasteiger partial charge < -0.3 is 19.9 Å². The number of carbonyl (C=O) groups is 2. The molecule has 3 atom stereocenters. The van der Waals surface area contributed by atoms with E-state index in [0.717, 1.165) is 48.4 Å². The molecular weight excluding hydrogens is 536 g/mol. The van der Waals surface area contributed by atoms with Gasteiger partial charge in [-0.2, -0.15) is 11.8 Å². The van der Waals surface area contributed by atoms with Crippen LogP contribution < -0.4 is 5.32 Å². The molecule has 7 nitrogen and oxygen atoms in total. The molecule has 2 fully saturated rings. The van der Waals surface area contributed by atoms with Crippen molar-refractivity contribution in [1.82, 2.24) is 10.2 Å². The van der Waals surface area contributed by atoms with E-state index in [1.165, 1.54) is 32.1 Å². The number of amides is 1. The van der Waals surface area contributed by atoms with Crippen molar-refractivity contribution in [1.29, 1.82) is 0 Å². The number of carbonyl (C=O) groups excluding carboxylic acids is 1. The number of ether oxygens (including phenoxy) is 2. The quantitative estimate of drug-likeness (QED) is 0.292. The van der Waals surface area contributed by atoms with Gasteiger partial charge in [0.1, 0.15) is 6.04 Å². The number of nitrogens with one attached hydrogen (secondary N) is 1. The third-order valence-electron chi connectivity index (χ3n) is 8.57. The number of likely N-dealkylation sites (tertiary alicyclic amines) is 1. The van der Waals surface area contributed by atoms with E-state index in [-0.39, 0.29) is 18.1 Å². The zero-order valence-corrected chi connectivity index (χ0v) is 25.6. The summed E-state index contributed by atoms with van der Waals surface area (Å²) < 4.78 is 12.0. The second-order valence-electron chi connectivity index (χ2n) is 11.6. The molecule has 2 aromatic rings. The molecule has 2 aliphatic rings. The average molecular weight is 583 g/mol. The van der Waals surface area contributed by atoms with Crippen molar-refractivity contribution in [2.24, 2.45) is 5.92 Å². The number of aryl methyl sites for hydroxylation is 1. The number of rotatable bonds is 14. The molecule has 1 heterocycles. The lowest BCUT2D eigenvalue weighted by Crippen LogP contribution is -2.41. The van der Waals surface area contributed by atoms with Crippen molar-refractivity contribution < 1.29 is 24.2 Å². The Morgan fingerprint density at radius 3 is 2.59 bits per heavy atom. The highest BCUT2D eigenvalue weighted by Gasteiger charge is 2.33. The zero-order valence-electron chi connectivity index (χ0n) is 24.8. The Balaban J connectivity index is 1.53. The van der Waals surface area contributed by atoms with E-state index in [9.17, 15) is 14.7 Å².